The van der Waals surface area contributed by atoms with Crippen LogP contribution in [0.2, 0.25) is 0 Å². The van der Waals surface area contributed by atoms with E-state index in [0.29, 0.717) is 4.75 Å². The number of hydrogen-bond donors (Lipinski definition) is 1. The van der Waals surface area contributed by atoms with Gasteiger partial charge in [-0.15, -0.1) is 0 Å². The van der Waals surface area contributed by atoms with Gasteiger partial charge >= 0.3 is 0 Å². The minimum absolute atomic E-state index is 0.472. The van der Waals surface area contributed by atoms with Gasteiger partial charge in [-0.1, -0.05) is 12.1 Å². The van der Waals surface area contributed by atoms with Gasteiger partial charge in [0.25, 0.3) is 0 Å². The van der Waals surface area contributed by atoms with Crippen LogP contribution in [0, 0.1) is 0 Å². The highest BCUT2D eigenvalue weighted by atomic mass is 32.2. The first-order chi connectivity index (χ1) is 8.72. The van der Waals surface area contributed by atoms with E-state index in [1.807, 2.05) is 12.1 Å². The molecule has 1 heterocycles. The van der Waals surface area contributed by atoms with Gasteiger partial charge in [-0.05, 0) is 56.2 Å². The van der Waals surface area contributed by atoms with Crippen molar-refractivity contribution in [1.29, 1.82) is 0 Å². The average molecular weight is 265 g/mol. The van der Waals surface area contributed by atoms with Crippen molar-refractivity contribution in [1.82, 2.24) is 5.32 Å². The minimum atomic E-state index is 0.472. The Labute approximate surface area is 114 Å². The molecule has 1 aromatic rings. The highest BCUT2D eigenvalue weighted by Crippen LogP contribution is 2.36. The largest absolute Gasteiger partial charge is 0.497 e. The summed E-state index contributed by atoms with van der Waals surface area (Å²) in [6, 6.07) is 8.35. The minimum Gasteiger partial charge on any atom is -0.497 e. The van der Waals surface area contributed by atoms with Crippen molar-refractivity contribution in [3.05, 3.63) is 29.8 Å². The summed E-state index contributed by atoms with van der Waals surface area (Å²) >= 11 is 2.12. The number of methoxy groups -OCH3 is 1. The quantitative estimate of drug-likeness (QED) is 0.799. The van der Waals surface area contributed by atoms with E-state index in [2.05, 4.69) is 36.1 Å². The Bertz CT molecular complexity index is 357. The molecule has 0 aromatic heterocycles. The second-order valence-electron chi connectivity index (χ2n) is 5.18. The summed E-state index contributed by atoms with van der Waals surface area (Å²) < 4.78 is 5.63. The molecular weight excluding hydrogens is 242 g/mol. The molecule has 1 unspecified atom stereocenters. The first-order valence-corrected chi connectivity index (χ1v) is 7.68. The van der Waals surface area contributed by atoms with Crippen LogP contribution in [0.15, 0.2) is 24.3 Å². The number of thioether (sulfide) groups is 1. The lowest BCUT2D eigenvalue weighted by molar-refractivity contribution is 0.414. The molecular formula is C15H23NOS. The van der Waals surface area contributed by atoms with Gasteiger partial charge in [-0.25, -0.2) is 0 Å². The van der Waals surface area contributed by atoms with Crippen molar-refractivity contribution in [2.75, 3.05) is 26.0 Å². The van der Waals surface area contributed by atoms with Gasteiger partial charge in [-0.2, -0.15) is 11.8 Å². The van der Waals surface area contributed by atoms with Crippen LogP contribution in [0.4, 0.5) is 0 Å². The van der Waals surface area contributed by atoms with Crippen molar-refractivity contribution in [3.8, 4) is 5.75 Å². The maximum atomic E-state index is 5.16. The molecule has 3 heteroatoms. The Morgan fingerprint density at radius 1 is 1.33 bits per heavy atom. The van der Waals surface area contributed by atoms with Crippen LogP contribution in [0.1, 0.15) is 25.3 Å². The molecule has 1 aromatic carbocycles. The lowest BCUT2D eigenvalue weighted by Crippen LogP contribution is -2.33. The van der Waals surface area contributed by atoms with E-state index in [1.54, 1.807) is 7.11 Å². The second kappa shape index (κ2) is 6.48. The molecule has 1 fully saturated rings. The molecule has 2 nitrogen and oxygen atoms in total. The number of nitrogens with one attached hydrogen (secondary N) is 1. The third-order valence-electron chi connectivity index (χ3n) is 3.55. The molecule has 1 aliphatic rings. The Kier molecular flexibility index (Phi) is 4.95. The van der Waals surface area contributed by atoms with Crippen molar-refractivity contribution in [2.45, 2.75) is 30.9 Å². The van der Waals surface area contributed by atoms with Crippen LogP contribution in [0.25, 0.3) is 0 Å². The zero-order chi connectivity index (χ0) is 12.8. The predicted molar refractivity (Wildman–Crippen MR) is 79.7 cm³/mol. The van der Waals surface area contributed by atoms with E-state index in [1.165, 1.54) is 24.2 Å². The number of rotatable bonds is 6. The topological polar surface area (TPSA) is 21.3 Å². The summed E-state index contributed by atoms with van der Waals surface area (Å²) in [7, 11) is 1.70. The average Bonchev–Trinajstić information content (AvgIpc) is 2.83. The summed E-state index contributed by atoms with van der Waals surface area (Å²) in [5.41, 5.74) is 1.37. The van der Waals surface area contributed by atoms with Gasteiger partial charge in [0.05, 0.1) is 7.11 Å². The number of ether oxygens (including phenoxy) is 1. The van der Waals surface area contributed by atoms with Crippen molar-refractivity contribution >= 4 is 11.8 Å². The fourth-order valence-corrected chi connectivity index (χ4v) is 3.63. The van der Waals surface area contributed by atoms with Crippen LogP contribution < -0.4 is 10.1 Å². The van der Waals surface area contributed by atoms with Crippen LogP contribution in [-0.2, 0) is 6.42 Å². The summed E-state index contributed by atoms with van der Waals surface area (Å²) in [6.45, 7) is 4.57. The second-order valence-corrected chi connectivity index (χ2v) is 6.86. The smallest absolute Gasteiger partial charge is 0.118 e. The van der Waals surface area contributed by atoms with Gasteiger partial charge in [0.15, 0.2) is 0 Å². The molecule has 2 rings (SSSR count). The van der Waals surface area contributed by atoms with Crippen molar-refractivity contribution in [3.63, 3.8) is 0 Å². The SMILES string of the molecule is COc1ccc(CCNCC2(C)CCCS2)cc1. The standard InChI is InChI=1S/C15H23NOS/c1-15(9-3-11-18-15)12-16-10-8-13-4-6-14(17-2)7-5-13/h4-7,16H,3,8-12H2,1-2H3. The lowest BCUT2D eigenvalue weighted by atomic mass is 10.1. The first kappa shape index (κ1) is 13.8. The summed E-state index contributed by atoms with van der Waals surface area (Å²) in [4.78, 5) is 0. The van der Waals surface area contributed by atoms with Gasteiger partial charge < -0.3 is 10.1 Å². The molecule has 100 valence electrons. The van der Waals surface area contributed by atoms with E-state index in [0.717, 1.165) is 25.3 Å². The molecule has 0 amide bonds. The molecule has 1 N–H and O–H groups in total. The normalized spacial score (nSPS) is 23.2. The zero-order valence-corrected chi connectivity index (χ0v) is 12.2. The lowest BCUT2D eigenvalue weighted by Gasteiger charge is -2.22. The maximum absolute atomic E-state index is 5.16. The van der Waals surface area contributed by atoms with Gasteiger partial charge in [0.2, 0.25) is 0 Å². The van der Waals surface area contributed by atoms with E-state index in [9.17, 15) is 0 Å². The van der Waals surface area contributed by atoms with E-state index < -0.39 is 0 Å². The van der Waals surface area contributed by atoms with Crippen LogP contribution in [0.5, 0.6) is 5.75 Å². The number of benzene rings is 1. The molecule has 0 aliphatic carbocycles. The third-order valence-corrected chi connectivity index (χ3v) is 5.09. The third kappa shape index (κ3) is 3.92. The summed E-state index contributed by atoms with van der Waals surface area (Å²) in [5.74, 6) is 2.26. The first-order valence-electron chi connectivity index (χ1n) is 6.69. The molecule has 18 heavy (non-hydrogen) atoms. The zero-order valence-electron chi connectivity index (χ0n) is 11.4. The molecule has 1 aliphatic heterocycles. The molecule has 0 spiro atoms. The van der Waals surface area contributed by atoms with Gasteiger partial charge in [0, 0.05) is 11.3 Å². The highest BCUT2D eigenvalue weighted by molar-refractivity contribution is 8.00. The van der Waals surface area contributed by atoms with Crippen LogP contribution >= 0.6 is 11.8 Å². The summed E-state index contributed by atoms with van der Waals surface area (Å²) in [6.07, 6.45) is 3.82. The molecule has 1 atom stereocenters. The summed E-state index contributed by atoms with van der Waals surface area (Å²) in [5, 5.41) is 3.59. The molecule has 0 radical (unpaired) electrons. The van der Waals surface area contributed by atoms with Crippen molar-refractivity contribution < 1.29 is 4.74 Å². The number of hydrogen-bond acceptors (Lipinski definition) is 3. The molecule has 0 bridgehead atoms. The van der Waals surface area contributed by atoms with E-state index in [-0.39, 0.29) is 0 Å². The fraction of sp³-hybridized carbons (Fsp3) is 0.600. The Morgan fingerprint density at radius 3 is 2.72 bits per heavy atom. The molecule has 1 saturated heterocycles. The highest BCUT2D eigenvalue weighted by Gasteiger charge is 2.28. The van der Waals surface area contributed by atoms with Crippen LogP contribution in [0.3, 0.4) is 0 Å². The predicted octanol–water partition coefficient (Wildman–Crippen LogP) is 3.11. The van der Waals surface area contributed by atoms with Crippen LogP contribution in [-0.4, -0.2) is 30.7 Å². The Morgan fingerprint density at radius 2 is 2.11 bits per heavy atom. The van der Waals surface area contributed by atoms with E-state index in [4.69, 9.17) is 4.74 Å². The van der Waals surface area contributed by atoms with Gasteiger partial charge in [0.1, 0.15) is 5.75 Å². The van der Waals surface area contributed by atoms with Gasteiger partial charge in [-0.3, -0.25) is 0 Å². The van der Waals surface area contributed by atoms with Crippen molar-refractivity contribution in [2.24, 2.45) is 0 Å². The Hall–Kier alpha value is -0.670. The monoisotopic (exact) mass is 265 g/mol. The van der Waals surface area contributed by atoms with E-state index >= 15 is 0 Å². The Balaban J connectivity index is 1.68. The maximum Gasteiger partial charge on any atom is 0.118 e. The molecule has 0 saturated carbocycles. The fourth-order valence-electron chi connectivity index (χ4n) is 2.35.